The van der Waals surface area contributed by atoms with Crippen LogP contribution in [0.2, 0.25) is 0 Å². The number of carboxylic acids is 1. The van der Waals surface area contributed by atoms with E-state index in [-0.39, 0.29) is 82.1 Å². The zero-order valence-electron chi connectivity index (χ0n) is 78.5. The molecule has 28 atom stereocenters. The molecule has 12 aliphatic rings. The molecule has 0 aliphatic heterocycles. The summed E-state index contributed by atoms with van der Waals surface area (Å²) in [7, 11) is 0. The molecule has 8 aromatic rings. The molecular formula is C110H122O24. The van der Waals surface area contributed by atoms with Crippen LogP contribution in [-0.2, 0) is 57.0 Å². The summed E-state index contributed by atoms with van der Waals surface area (Å²) in [5, 5.41) is 39.6. The van der Waals surface area contributed by atoms with Crippen molar-refractivity contribution in [1.82, 2.24) is 0 Å². The van der Waals surface area contributed by atoms with E-state index in [9.17, 15) is 73.2 Å². The zero-order valence-corrected chi connectivity index (χ0v) is 78.5. The van der Waals surface area contributed by atoms with Crippen molar-refractivity contribution in [2.24, 2.45) is 98.1 Å². The first-order valence-corrected chi connectivity index (χ1v) is 46.6. The minimum absolute atomic E-state index is 0.0307. The van der Waals surface area contributed by atoms with E-state index in [1.54, 1.807) is 209 Å². The van der Waals surface area contributed by atoms with Gasteiger partial charge in [-0.05, 0) is 217 Å². The third kappa shape index (κ3) is 17.5. The lowest BCUT2D eigenvalue weighted by atomic mass is 9.85. The van der Waals surface area contributed by atoms with E-state index in [2.05, 4.69) is 34.6 Å². The van der Waals surface area contributed by atoms with Crippen LogP contribution in [0.15, 0.2) is 243 Å². The summed E-state index contributed by atoms with van der Waals surface area (Å²) in [6, 6.07) is 69.5. The van der Waals surface area contributed by atoms with Crippen molar-refractivity contribution in [3.8, 4) is 0 Å². The van der Waals surface area contributed by atoms with Gasteiger partial charge in [0.25, 0.3) is 0 Å². The van der Waals surface area contributed by atoms with Crippen molar-refractivity contribution in [3.63, 3.8) is 0 Å². The molecule has 28 unspecified atom stereocenters. The molecule has 12 fully saturated rings. The smallest absolute Gasteiger partial charge is 0.338 e. The summed E-state index contributed by atoms with van der Waals surface area (Å²) in [4.78, 5) is 137. The average Bonchev–Trinajstić information content (AvgIpc) is 1.49. The number of aliphatic hydroxyl groups is 3. The van der Waals surface area contributed by atoms with Gasteiger partial charge in [0.2, 0.25) is 0 Å². The summed E-state index contributed by atoms with van der Waals surface area (Å²) in [6.07, 6.45) is 2.15. The Balaban J connectivity index is 0.000000127. The molecule has 0 amide bonds. The fourth-order valence-electron chi connectivity index (χ4n) is 23.9. The van der Waals surface area contributed by atoms with Gasteiger partial charge in [-0.15, -0.1) is 0 Å². The molecule has 8 aromatic carbocycles. The minimum atomic E-state index is -1.25. The first-order valence-electron chi connectivity index (χ1n) is 46.6. The third-order valence-corrected chi connectivity index (χ3v) is 33.2. The number of ether oxygens (including phenoxy) is 9. The zero-order chi connectivity index (χ0) is 96.6. The number of fused-ring (bicyclic) bond motifs is 6. The molecule has 12 aliphatic carbocycles. The van der Waals surface area contributed by atoms with Crippen LogP contribution in [0.5, 0.6) is 0 Å². The van der Waals surface area contributed by atoms with E-state index in [4.69, 9.17) is 42.6 Å². The van der Waals surface area contributed by atoms with Gasteiger partial charge in [-0.25, -0.2) is 38.4 Å². The maximum absolute atomic E-state index is 12.8. The van der Waals surface area contributed by atoms with Crippen LogP contribution in [0.3, 0.4) is 0 Å². The Morgan fingerprint density at radius 3 is 0.925 bits per heavy atom. The molecule has 706 valence electrons. The summed E-state index contributed by atoms with van der Waals surface area (Å²) in [5.74, 6) is -2.76. The maximum Gasteiger partial charge on any atom is 0.338 e. The van der Waals surface area contributed by atoms with Crippen molar-refractivity contribution in [1.29, 1.82) is 0 Å². The normalized spacial score (nSPS) is 37.0. The van der Waals surface area contributed by atoms with Crippen molar-refractivity contribution in [2.75, 3.05) is 6.61 Å². The van der Waals surface area contributed by atoms with E-state index in [1.807, 2.05) is 96.1 Å². The second kappa shape index (κ2) is 36.3. The molecule has 0 radical (unpaired) electrons. The number of carboxylic acid groups (broad SMARTS) is 1. The lowest BCUT2D eigenvalue weighted by Crippen LogP contribution is -2.53. The van der Waals surface area contributed by atoms with Gasteiger partial charge in [0, 0.05) is 59.2 Å². The van der Waals surface area contributed by atoms with Crippen molar-refractivity contribution in [2.45, 2.75) is 213 Å². The highest BCUT2D eigenvalue weighted by Crippen LogP contribution is 2.75. The van der Waals surface area contributed by atoms with Gasteiger partial charge in [-0.3, -0.25) is 14.4 Å². The highest BCUT2D eigenvalue weighted by Gasteiger charge is 2.83. The summed E-state index contributed by atoms with van der Waals surface area (Å²) < 4.78 is 52.9. The predicted octanol–water partition coefficient (Wildman–Crippen LogP) is 17.7. The van der Waals surface area contributed by atoms with Crippen LogP contribution in [0.4, 0.5) is 0 Å². The van der Waals surface area contributed by atoms with Crippen LogP contribution < -0.4 is 0 Å². The Kier molecular flexibility index (Phi) is 26.2. The fraction of sp³-hybridized carbons (Fsp3) is 0.464. The molecule has 24 heteroatoms. The Labute approximate surface area is 781 Å². The fourth-order valence-corrected chi connectivity index (χ4v) is 23.9. The lowest BCUT2D eigenvalue weighted by Gasteiger charge is -2.38. The van der Waals surface area contributed by atoms with Crippen LogP contribution in [0, 0.1) is 98.1 Å². The van der Waals surface area contributed by atoms with Gasteiger partial charge in [0.05, 0.1) is 62.8 Å². The van der Waals surface area contributed by atoms with Crippen molar-refractivity contribution in [3.05, 3.63) is 287 Å². The number of aliphatic hydroxyl groups excluding tert-OH is 2. The molecular weight excluding hydrogens is 1710 g/mol. The monoisotopic (exact) mass is 1830 g/mol. The molecule has 24 nitrogen and oxygen atoms in total. The van der Waals surface area contributed by atoms with E-state index < -0.39 is 123 Å². The first-order chi connectivity index (χ1) is 63.4. The molecule has 134 heavy (non-hydrogen) atoms. The maximum atomic E-state index is 12.8. The van der Waals surface area contributed by atoms with E-state index in [1.165, 1.54) is 13.3 Å². The number of hydrogen-bond acceptors (Lipinski definition) is 23. The molecule has 0 bridgehead atoms. The van der Waals surface area contributed by atoms with E-state index >= 15 is 0 Å². The predicted molar refractivity (Wildman–Crippen MR) is 492 cm³/mol. The number of rotatable bonds is 19. The number of esters is 9. The highest BCUT2D eigenvalue weighted by molar-refractivity contribution is 5.95. The second-order valence-corrected chi connectivity index (χ2v) is 41.1. The number of carbonyl (C=O) groups excluding carboxylic acids is 10. The minimum Gasteiger partial charge on any atom is -0.481 e. The first kappa shape index (κ1) is 96.6. The molecule has 12 saturated carbocycles. The number of carbonyl (C=O) groups is 11. The number of hydrogen-bond donors (Lipinski definition) is 4. The molecule has 4 N–H and O–H groups in total. The Morgan fingerprint density at radius 2 is 0.627 bits per heavy atom. The van der Waals surface area contributed by atoms with E-state index in [0.717, 1.165) is 31.6 Å². The van der Waals surface area contributed by atoms with Crippen molar-refractivity contribution >= 4 is 65.5 Å². The van der Waals surface area contributed by atoms with Crippen LogP contribution in [0.25, 0.3) is 0 Å². The van der Waals surface area contributed by atoms with Gasteiger partial charge in [-0.2, -0.15) is 0 Å². The van der Waals surface area contributed by atoms with Crippen LogP contribution in [-0.4, -0.2) is 157 Å². The molecule has 0 spiro atoms. The lowest BCUT2D eigenvalue weighted by molar-refractivity contribution is -0.167. The summed E-state index contributed by atoms with van der Waals surface area (Å²) >= 11 is 0. The van der Waals surface area contributed by atoms with Gasteiger partial charge < -0.3 is 63.1 Å². The number of ketones is 1. The van der Waals surface area contributed by atoms with E-state index in [0.29, 0.717) is 80.9 Å². The molecule has 0 aromatic heterocycles. The SMILES string of the molecule is CC(=O)OC12CC1C(C)C(C)(OC(=O)c1ccccc1)C2OC(=O)c1ccccc1.CC1C2CC2(C(=O)O)C(OC(=O)c2ccccc2)C1(C)OC(=O)c1ccccc1.CC1C2CC2(C)C(O)C1(C)O.CC1C2CC2(C)C(OC(=O)c2ccccc2)C1(C)OC(=O)c1ccccc1.CC1C2CC2(CO)C(OC(=O)c2ccccc2)C1(C)OC(=O)c1ccccc1.CC1CC(=O)C2(C)CC12. The van der Waals surface area contributed by atoms with Gasteiger partial charge in [-0.1, -0.05) is 208 Å². The Hall–Kier alpha value is -12.0. The Bertz CT molecular complexity index is 5730. The van der Waals surface area contributed by atoms with Crippen LogP contribution in [0.1, 0.15) is 232 Å². The van der Waals surface area contributed by atoms with Crippen molar-refractivity contribution < 1.29 is 116 Å². The summed E-state index contributed by atoms with van der Waals surface area (Å²) in [6.45, 7) is 28.5. The number of aliphatic carboxylic acids is 1. The second-order valence-electron chi connectivity index (χ2n) is 41.1. The molecule has 0 saturated heterocycles. The largest absolute Gasteiger partial charge is 0.481 e. The van der Waals surface area contributed by atoms with Gasteiger partial charge in [0.15, 0.2) is 29.0 Å². The van der Waals surface area contributed by atoms with Crippen LogP contribution >= 0.6 is 0 Å². The molecule has 0 heterocycles. The third-order valence-electron chi connectivity index (χ3n) is 33.2. The number of benzene rings is 8. The standard InChI is InChI=1S/C24H24O6.C23H22O6.C23H24O5.C23H24O4.C9H16O2.C8H12O/c1-15-19-14-24(19,29-16(2)25)22(28-20(26)17-10-6-4-7-11-17)23(15,3)30-21(27)18-12-8-5-9-13-18;1-14-17-13-23(17,21(26)27)20(28-18(24)15-9-5-3-6-10-15)22(14,2)29-19(25)16-11-7-4-8-12-16;1-15-18-13-23(18,14-24)21(27-19(25)16-9-5-3-6-10-16)22(15,2)28-20(26)17-11-7-4-8-12-17;1-15-18-14-22(18,2)21(26-19(24)16-10-6-4-7-11-16)23(15,3)27-20(25)17-12-8-5-9-13-17;1-5-6-4-8(6,2)7(10)9(5,3)11;1-5-3-7(9)8(2)4-6(5)8/h4-13,15,19,22H,14H2,1-3H3;3-12,14,17,20H,13H2,1-2H3,(H,26,27);3-12,15,18,21,24H,13-14H2,1-2H3;4-13,15,18,21H,14H2,1-3H3;5-7,10-11H,4H2,1-3H3;5-6H,3-4H2,1-2H3. The average molecular weight is 1830 g/mol. The van der Waals surface area contributed by atoms with Gasteiger partial charge in [0.1, 0.15) is 34.6 Å². The Morgan fingerprint density at radius 1 is 0.328 bits per heavy atom. The quantitative estimate of drug-likeness (QED) is 0.0431. The number of Topliss-reactive ketones (excluding diaryl/α,β-unsaturated/α-hetero) is 1. The molecule has 20 rings (SSSR count). The van der Waals surface area contributed by atoms with Gasteiger partial charge >= 0.3 is 59.7 Å². The highest BCUT2D eigenvalue weighted by atomic mass is 16.6. The topological polar surface area (TPSA) is 352 Å². The summed E-state index contributed by atoms with van der Waals surface area (Å²) in [5.41, 5.74) is -4.45.